The van der Waals surface area contributed by atoms with Gasteiger partial charge in [0.2, 0.25) is 0 Å². The molecule has 36 heavy (non-hydrogen) atoms. The highest BCUT2D eigenvalue weighted by Gasteiger charge is 2.27. The van der Waals surface area contributed by atoms with Gasteiger partial charge < -0.3 is 9.80 Å². The van der Waals surface area contributed by atoms with Gasteiger partial charge in [-0.2, -0.15) is 0 Å². The Balaban J connectivity index is 1.72. The molecule has 4 rings (SSSR count). The SMILES string of the molecule is CCN(CC)CCN(C(=O)c1ccc(N2CCCCC2)c([N+](=O)[O-])c1)c1nc2c(F)cc(F)cc2s1. The first kappa shape index (κ1) is 25.9. The number of likely N-dealkylation sites (N-methyl/N-ethyl adjacent to an activating group) is 1. The van der Waals surface area contributed by atoms with Crippen molar-refractivity contribution < 1.29 is 18.5 Å². The van der Waals surface area contributed by atoms with E-state index in [1.165, 1.54) is 17.0 Å². The van der Waals surface area contributed by atoms with Gasteiger partial charge in [0.25, 0.3) is 11.6 Å². The van der Waals surface area contributed by atoms with Crippen molar-refractivity contribution in [2.75, 3.05) is 49.1 Å². The summed E-state index contributed by atoms with van der Waals surface area (Å²) in [5.41, 5.74) is 0.517. The van der Waals surface area contributed by atoms with Crippen molar-refractivity contribution in [3.8, 4) is 0 Å². The van der Waals surface area contributed by atoms with E-state index in [0.717, 1.165) is 62.8 Å². The second-order valence-electron chi connectivity index (χ2n) is 8.72. The molecule has 1 aliphatic rings. The third-order valence-corrected chi connectivity index (χ3v) is 7.55. The number of fused-ring (bicyclic) bond motifs is 1. The number of piperidine rings is 1. The molecule has 0 aliphatic carbocycles. The van der Waals surface area contributed by atoms with Gasteiger partial charge in [-0.3, -0.25) is 19.8 Å². The van der Waals surface area contributed by atoms with Gasteiger partial charge in [-0.25, -0.2) is 13.8 Å². The Hall–Kier alpha value is -3.18. The molecule has 2 heterocycles. The summed E-state index contributed by atoms with van der Waals surface area (Å²) in [7, 11) is 0. The number of nitro groups is 1. The van der Waals surface area contributed by atoms with Gasteiger partial charge in [0.1, 0.15) is 17.0 Å². The van der Waals surface area contributed by atoms with Gasteiger partial charge in [0.15, 0.2) is 10.9 Å². The van der Waals surface area contributed by atoms with Crippen LogP contribution in [0.15, 0.2) is 30.3 Å². The molecule has 8 nitrogen and oxygen atoms in total. The predicted molar refractivity (Wildman–Crippen MR) is 138 cm³/mol. The van der Waals surface area contributed by atoms with E-state index < -0.39 is 22.5 Å². The molecule has 0 N–H and O–H groups in total. The first-order chi connectivity index (χ1) is 17.3. The van der Waals surface area contributed by atoms with Crippen molar-refractivity contribution in [3.63, 3.8) is 0 Å². The van der Waals surface area contributed by atoms with Crippen LogP contribution < -0.4 is 9.80 Å². The molecule has 0 radical (unpaired) electrons. The molecule has 0 spiro atoms. The molecular weight excluding hydrogens is 488 g/mol. The number of hydrogen-bond acceptors (Lipinski definition) is 7. The number of amides is 1. The van der Waals surface area contributed by atoms with Crippen LogP contribution in [0.3, 0.4) is 0 Å². The Labute approximate surface area is 212 Å². The molecule has 1 aromatic heterocycles. The van der Waals surface area contributed by atoms with Crippen LogP contribution in [0.2, 0.25) is 0 Å². The summed E-state index contributed by atoms with van der Waals surface area (Å²) in [6.07, 6.45) is 3.02. The number of benzene rings is 2. The van der Waals surface area contributed by atoms with Gasteiger partial charge in [-0.1, -0.05) is 25.2 Å². The van der Waals surface area contributed by atoms with Crippen LogP contribution in [0, 0.1) is 21.7 Å². The zero-order chi connectivity index (χ0) is 25.8. The second kappa shape index (κ2) is 11.3. The second-order valence-corrected chi connectivity index (χ2v) is 9.73. The molecule has 11 heteroatoms. The largest absolute Gasteiger partial charge is 0.366 e. The molecule has 192 valence electrons. The lowest BCUT2D eigenvalue weighted by Crippen LogP contribution is -2.39. The van der Waals surface area contributed by atoms with Crippen molar-refractivity contribution in [1.82, 2.24) is 9.88 Å². The number of nitrogens with zero attached hydrogens (tertiary/aromatic N) is 5. The highest BCUT2D eigenvalue weighted by molar-refractivity contribution is 7.22. The molecule has 0 bridgehead atoms. The number of hydrogen-bond donors (Lipinski definition) is 0. The number of anilines is 2. The predicted octanol–water partition coefficient (Wildman–Crippen LogP) is 5.46. The summed E-state index contributed by atoms with van der Waals surface area (Å²) in [6.45, 7) is 7.80. The van der Waals surface area contributed by atoms with Gasteiger partial charge in [-0.05, 0) is 50.6 Å². The van der Waals surface area contributed by atoms with Crippen LogP contribution in [-0.2, 0) is 0 Å². The first-order valence-corrected chi connectivity index (χ1v) is 13.0. The summed E-state index contributed by atoms with van der Waals surface area (Å²) in [5.74, 6) is -2.00. The van der Waals surface area contributed by atoms with Crippen LogP contribution in [0.1, 0.15) is 43.5 Å². The normalized spacial score (nSPS) is 14.0. The Morgan fingerprint density at radius 1 is 1.11 bits per heavy atom. The Bertz CT molecular complexity index is 1260. The summed E-state index contributed by atoms with van der Waals surface area (Å²) >= 11 is 1.01. The summed E-state index contributed by atoms with van der Waals surface area (Å²) in [6, 6.07) is 6.48. The lowest BCUT2D eigenvalue weighted by molar-refractivity contribution is -0.384. The average Bonchev–Trinajstić information content (AvgIpc) is 3.30. The molecule has 1 aliphatic heterocycles. The fourth-order valence-corrected chi connectivity index (χ4v) is 5.52. The monoisotopic (exact) mass is 517 g/mol. The lowest BCUT2D eigenvalue weighted by Gasteiger charge is -2.28. The Kier molecular flexibility index (Phi) is 8.10. The Morgan fingerprint density at radius 2 is 1.83 bits per heavy atom. The molecular formula is C25H29F2N5O3S. The number of carbonyl (C=O) groups is 1. The van der Waals surface area contributed by atoms with Crippen molar-refractivity contribution in [3.05, 3.63) is 57.6 Å². The quantitative estimate of drug-likeness (QED) is 0.277. The van der Waals surface area contributed by atoms with Gasteiger partial charge >= 0.3 is 0 Å². The molecule has 1 saturated heterocycles. The molecule has 1 amide bonds. The molecule has 0 unspecified atom stereocenters. The van der Waals surface area contributed by atoms with E-state index in [9.17, 15) is 23.7 Å². The van der Waals surface area contributed by atoms with Crippen LogP contribution in [0.4, 0.5) is 25.3 Å². The average molecular weight is 518 g/mol. The Morgan fingerprint density at radius 3 is 2.50 bits per heavy atom. The maximum absolute atomic E-state index is 14.3. The smallest absolute Gasteiger partial charge is 0.293 e. The molecule has 0 atom stereocenters. The number of aromatic nitrogens is 1. The van der Waals surface area contributed by atoms with Crippen LogP contribution in [-0.4, -0.2) is 60.0 Å². The standard InChI is InChI=1S/C25H29F2N5O3S/c1-3-29(4-2)12-13-31(25-28-23-19(27)15-18(26)16-22(23)36-25)24(33)17-8-9-20(21(14-17)32(34)35)30-10-6-5-7-11-30/h8-9,14-16H,3-7,10-13H2,1-2H3. The van der Waals surface area contributed by atoms with Gasteiger partial charge in [-0.15, -0.1) is 0 Å². The maximum atomic E-state index is 14.3. The molecule has 0 saturated carbocycles. The van der Waals surface area contributed by atoms with Crippen molar-refractivity contribution in [2.45, 2.75) is 33.1 Å². The fourth-order valence-electron chi connectivity index (χ4n) is 4.49. The van der Waals surface area contributed by atoms with E-state index in [1.807, 2.05) is 18.7 Å². The van der Waals surface area contributed by atoms with E-state index in [1.54, 1.807) is 12.1 Å². The minimum atomic E-state index is -0.801. The van der Waals surface area contributed by atoms with Gasteiger partial charge in [0.05, 0.1) is 9.62 Å². The number of halogens is 2. The number of rotatable bonds is 9. The first-order valence-electron chi connectivity index (χ1n) is 12.2. The number of carbonyl (C=O) groups excluding carboxylic acids is 1. The number of thiazole rings is 1. The minimum Gasteiger partial charge on any atom is -0.366 e. The minimum absolute atomic E-state index is 0.0107. The van der Waals surface area contributed by atoms with E-state index in [0.29, 0.717) is 12.2 Å². The van der Waals surface area contributed by atoms with E-state index >= 15 is 0 Å². The third-order valence-electron chi connectivity index (χ3n) is 6.53. The zero-order valence-corrected chi connectivity index (χ0v) is 21.2. The van der Waals surface area contributed by atoms with E-state index in [-0.39, 0.29) is 33.1 Å². The van der Waals surface area contributed by atoms with Crippen molar-refractivity contribution >= 4 is 44.0 Å². The molecule has 3 aromatic rings. The summed E-state index contributed by atoms with van der Waals surface area (Å²) in [5, 5.41) is 12.1. The van der Waals surface area contributed by atoms with Crippen LogP contribution in [0.25, 0.3) is 10.2 Å². The van der Waals surface area contributed by atoms with E-state index in [2.05, 4.69) is 9.88 Å². The van der Waals surface area contributed by atoms with Crippen LogP contribution >= 0.6 is 11.3 Å². The topological polar surface area (TPSA) is 82.8 Å². The fraction of sp³-hybridized carbons (Fsp3) is 0.440. The van der Waals surface area contributed by atoms with Crippen molar-refractivity contribution in [1.29, 1.82) is 0 Å². The molecule has 2 aromatic carbocycles. The lowest BCUT2D eigenvalue weighted by atomic mass is 10.1. The van der Waals surface area contributed by atoms with Crippen molar-refractivity contribution in [2.24, 2.45) is 0 Å². The van der Waals surface area contributed by atoms with Crippen LogP contribution in [0.5, 0.6) is 0 Å². The highest BCUT2D eigenvalue weighted by Crippen LogP contribution is 2.34. The number of nitro benzene ring substituents is 1. The highest BCUT2D eigenvalue weighted by atomic mass is 32.1. The maximum Gasteiger partial charge on any atom is 0.293 e. The summed E-state index contributed by atoms with van der Waals surface area (Å²) in [4.78, 5) is 35.0. The zero-order valence-electron chi connectivity index (χ0n) is 20.4. The third kappa shape index (κ3) is 5.46. The van der Waals surface area contributed by atoms with E-state index in [4.69, 9.17) is 0 Å². The van der Waals surface area contributed by atoms with Gasteiger partial charge in [0, 0.05) is 43.9 Å². The molecule has 1 fully saturated rings. The summed E-state index contributed by atoms with van der Waals surface area (Å²) < 4.78 is 28.4.